The third-order valence-corrected chi connectivity index (χ3v) is 5.83. The number of carboxylic acids is 1. The first-order valence-electron chi connectivity index (χ1n) is 11.2. The molecule has 1 aliphatic heterocycles. The molecule has 1 aliphatic rings. The predicted octanol–water partition coefficient (Wildman–Crippen LogP) is 2.74. The third kappa shape index (κ3) is 5.15. The Morgan fingerprint density at radius 1 is 1.29 bits per heavy atom. The fourth-order valence-electron chi connectivity index (χ4n) is 3.70. The highest BCUT2D eigenvalue weighted by Crippen LogP contribution is 2.44. The zero-order chi connectivity index (χ0) is 24.9. The standard InChI is InChI=1S/C24H29N5O6/c1-14(24(30)31)29(2)11-15-5-6-18-22(35-13-34-18)21(15)28-23-16-9-20(33-8-4-7-25)19(32-3)10-17(16)26-12-27-23/h5-6,9-10,12,14H,4,7-8,11,13,25H2,1-3H3,(H,30,31)(H,26,27,28)/t14-/m0/s1. The van der Waals surface area contributed by atoms with Gasteiger partial charge in [0, 0.05) is 18.0 Å². The van der Waals surface area contributed by atoms with Gasteiger partial charge >= 0.3 is 5.97 Å². The van der Waals surface area contributed by atoms with E-state index in [1.165, 1.54) is 6.33 Å². The summed E-state index contributed by atoms with van der Waals surface area (Å²) in [6.45, 7) is 3.06. The molecule has 3 aromatic rings. The lowest BCUT2D eigenvalue weighted by Gasteiger charge is -2.23. The maximum absolute atomic E-state index is 11.5. The molecule has 1 aromatic heterocycles. The molecular weight excluding hydrogens is 454 g/mol. The third-order valence-electron chi connectivity index (χ3n) is 5.83. The number of nitrogens with two attached hydrogens (primary N) is 1. The van der Waals surface area contributed by atoms with E-state index in [0.717, 1.165) is 5.56 Å². The number of fused-ring (bicyclic) bond motifs is 2. The Balaban J connectivity index is 1.74. The van der Waals surface area contributed by atoms with Crippen LogP contribution in [-0.2, 0) is 11.3 Å². The van der Waals surface area contributed by atoms with E-state index in [-0.39, 0.29) is 6.79 Å². The molecule has 0 amide bonds. The van der Waals surface area contributed by atoms with Crippen molar-refractivity contribution in [2.24, 2.45) is 5.73 Å². The van der Waals surface area contributed by atoms with Crippen molar-refractivity contribution in [1.29, 1.82) is 0 Å². The molecule has 0 spiro atoms. The maximum atomic E-state index is 11.5. The number of aromatic nitrogens is 2. The van der Waals surface area contributed by atoms with Crippen LogP contribution in [0.3, 0.4) is 0 Å². The van der Waals surface area contributed by atoms with E-state index in [1.807, 2.05) is 18.2 Å². The highest BCUT2D eigenvalue weighted by atomic mass is 16.7. The number of anilines is 2. The molecule has 4 N–H and O–H groups in total. The van der Waals surface area contributed by atoms with Gasteiger partial charge in [0.2, 0.25) is 6.79 Å². The van der Waals surface area contributed by atoms with Crippen LogP contribution in [0.1, 0.15) is 18.9 Å². The maximum Gasteiger partial charge on any atom is 0.320 e. The number of carboxylic acid groups (broad SMARTS) is 1. The molecule has 2 aromatic carbocycles. The Morgan fingerprint density at radius 2 is 2.11 bits per heavy atom. The molecule has 0 saturated heterocycles. The molecule has 0 saturated carbocycles. The number of nitrogens with zero attached hydrogens (tertiary/aromatic N) is 3. The lowest BCUT2D eigenvalue weighted by Crippen LogP contribution is -2.35. The molecule has 0 bridgehead atoms. The van der Waals surface area contributed by atoms with Crippen LogP contribution in [0.2, 0.25) is 0 Å². The highest BCUT2D eigenvalue weighted by molar-refractivity contribution is 5.94. The van der Waals surface area contributed by atoms with Gasteiger partial charge in [0.25, 0.3) is 0 Å². The number of nitrogens with one attached hydrogen (secondary N) is 1. The summed E-state index contributed by atoms with van der Waals surface area (Å²) >= 11 is 0. The predicted molar refractivity (Wildman–Crippen MR) is 130 cm³/mol. The zero-order valence-electron chi connectivity index (χ0n) is 19.9. The molecule has 35 heavy (non-hydrogen) atoms. The zero-order valence-corrected chi connectivity index (χ0v) is 19.9. The van der Waals surface area contributed by atoms with Crippen molar-refractivity contribution in [1.82, 2.24) is 14.9 Å². The molecule has 0 radical (unpaired) electrons. The van der Waals surface area contributed by atoms with E-state index < -0.39 is 12.0 Å². The summed E-state index contributed by atoms with van der Waals surface area (Å²) in [7, 11) is 3.33. The molecular formula is C24H29N5O6. The average molecular weight is 484 g/mol. The van der Waals surface area contributed by atoms with Crippen molar-refractivity contribution < 1.29 is 28.8 Å². The number of hydrogen-bond donors (Lipinski definition) is 3. The van der Waals surface area contributed by atoms with Crippen LogP contribution in [0.5, 0.6) is 23.0 Å². The number of likely N-dealkylation sites (N-methyl/N-ethyl adjacent to an activating group) is 1. The molecule has 2 heterocycles. The van der Waals surface area contributed by atoms with Crippen LogP contribution < -0.4 is 30.0 Å². The summed E-state index contributed by atoms with van der Waals surface area (Å²) in [5.41, 5.74) is 7.72. The van der Waals surface area contributed by atoms with Crippen LogP contribution >= 0.6 is 0 Å². The van der Waals surface area contributed by atoms with E-state index in [4.69, 9.17) is 24.7 Å². The summed E-state index contributed by atoms with van der Waals surface area (Å²) in [4.78, 5) is 22.0. The number of hydrogen-bond acceptors (Lipinski definition) is 10. The van der Waals surface area contributed by atoms with Gasteiger partial charge in [0.15, 0.2) is 23.0 Å². The normalized spacial score (nSPS) is 13.2. The van der Waals surface area contributed by atoms with E-state index in [2.05, 4.69) is 15.3 Å². The van der Waals surface area contributed by atoms with Crippen molar-refractivity contribution in [2.75, 3.05) is 39.4 Å². The monoisotopic (exact) mass is 483 g/mol. The van der Waals surface area contributed by atoms with Crippen LogP contribution in [0, 0.1) is 0 Å². The van der Waals surface area contributed by atoms with Crippen LogP contribution in [0.4, 0.5) is 11.5 Å². The van der Waals surface area contributed by atoms with Gasteiger partial charge in [-0.2, -0.15) is 0 Å². The Kier molecular flexibility index (Phi) is 7.37. The number of ether oxygens (including phenoxy) is 4. The SMILES string of the molecule is COc1cc2ncnc(Nc3c(CN(C)[C@@H](C)C(=O)O)ccc4c3OCO4)c2cc1OCCCN. The number of rotatable bonds is 11. The van der Waals surface area contributed by atoms with Gasteiger partial charge in [-0.3, -0.25) is 9.69 Å². The second-order valence-electron chi connectivity index (χ2n) is 8.12. The van der Waals surface area contributed by atoms with Gasteiger partial charge in [-0.1, -0.05) is 6.07 Å². The molecule has 0 fully saturated rings. The molecule has 186 valence electrons. The van der Waals surface area contributed by atoms with Gasteiger partial charge in [0.05, 0.1) is 24.9 Å². The van der Waals surface area contributed by atoms with Gasteiger partial charge in [0.1, 0.15) is 18.2 Å². The van der Waals surface area contributed by atoms with Crippen LogP contribution in [0.25, 0.3) is 10.9 Å². The average Bonchev–Trinajstić information content (AvgIpc) is 3.34. The molecule has 11 heteroatoms. The number of carbonyl (C=O) groups is 1. The van der Waals surface area contributed by atoms with E-state index in [1.54, 1.807) is 32.0 Å². The molecule has 0 unspecified atom stereocenters. The van der Waals surface area contributed by atoms with Gasteiger partial charge in [-0.15, -0.1) is 0 Å². The smallest absolute Gasteiger partial charge is 0.320 e. The summed E-state index contributed by atoms with van der Waals surface area (Å²) in [6.07, 6.45) is 2.16. The summed E-state index contributed by atoms with van der Waals surface area (Å²) in [5, 5.41) is 13.5. The molecule has 4 rings (SSSR count). The van der Waals surface area contributed by atoms with Crippen LogP contribution in [-0.4, -0.2) is 66.1 Å². The Morgan fingerprint density at radius 3 is 2.86 bits per heavy atom. The molecule has 0 aliphatic carbocycles. The second kappa shape index (κ2) is 10.6. The van der Waals surface area contributed by atoms with Crippen molar-refractivity contribution in [3.63, 3.8) is 0 Å². The quantitative estimate of drug-likeness (QED) is 0.347. The fourth-order valence-corrected chi connectivity index (χ4v) is 3.70. The summed E-state index contributed by atoms with van der Waals surface area (Å²) in [6, 6.07) is 6.64. The Bertz CT molecular complexity index is 1220. The second-order valence-corrected chi connectivity index (χ2v) is 8.12. The first-order chi connectivity index (χ1) is 16.9. The molecule has 11 nitrogen and oxygen atoms in total. The minimum atomic E-state index is -0.902. The fraction of sp³-hybridized carbons (Fsp3) is 0.375. The Hall–Kier alpha value is -3.83. The van der Waals surface area contributed by atoms with Gasteiger partial charge in [-0.25, -0.2) is 9.97 Å². The van der Waals surface area contributed by atoms with E-state index in [0.29, 0.717) is 71.5 Å². The highest BCUT2D eigenvalue weighted by Gasteiger charge is 2.25. The van der Waals surface area contributed by atoms with E-state index in [9.17, 15) is 9.90 Å². The topological polar surface area (TPSA) is 141 Å². The van der Waals surface area contributed by atoms with Crippen LogP contribution in [0.15, 0.2) is 30.6 Å². The lowest BCUT2D eigenvalue weighted by molar-refractivity contribution is -0.142. The van der Waals surface area contributed by atoms with E-state index >= 15 is 0 Å². The number of methoxy groups -OCH3 is 1. The first-order valence-corrected chi connectivity index (χ1v) is 11.2. The number of aliphatic carboxylic acids is 1. The van der Waals surface area contributed by atoms with Crippen molar-refractivity contribution in [3.8, 4) is 23.0 Å². The van der Waals surface area contributed by atoms with Gasteiger partial charge < -0.3 is 35.1 Å². The Labute approximate surface area is 202 Å². The summed E-state index contributed by atoms with van der Waals surface area (Å²) < 4.78 is 22.7. The summed E-state index contributed by atoms with van der Waals surface area (Å²) in [5.74, 6) is 1.87. The number of benzene rings is 2. The minimum absolute atomic E-state index is 0.0929. The van der Waals surface area contributed by atoms with Gasteiger partial charge in [-0.05, 0) is 44.6 Å². The minimum Gasteiger partial charge on any atom is -0.493 e. The first kappa shape index (κ1) is 24.3. The lowest BCUT2D eigenvalue weighted by atomic mass is 10.1. The van der Waals surface area contributed by atoms with Crippen molar-refractivity contribution in [3.05, 3.63) is 36.2 Å². The molecule has 1 atom stereocenters. The van der Waals surface area contributed by atoms with Crippen molar-refractivity contribution in [2.45, 2.75) is 25.9 Å². The largest absolute Gasteiger partial charge is 0.493 e. The van der Waals surface area contributed by atoms with Crippen molar-refractivity contribution >= 4 is 28.4 Å².